The molecule has 0 saturated carbocycles. The smallest absolute Gasteiger partial charge is 0.0652 e. The van der Waals surface area contributed by atoms with Gasteiger partial charge in [-0.25, -0.2) is 0 Å². The maximum atomic E-state index is 2.48. The molecule has 0 aromatic rings. The van der Waals surface area contributed by atoms with Crippen LogP contribution in [-0.2, 0) is 0 Å². The van der Waals surface area contributed by atoms with Crippen LogP contribution >= 0.6 is 7.26 Å². The molecule has 0 bridgehead atoms. The van der Waals surface area contributed by atoms with Crippen molar-refractivity contribution < 1.29 is 0 Å². The molecule has 104 valence electrons. The Balaban J connectivity index is 5.75. The zero-order valence-corrected chi connectivity index (χ0v) is 15.0. The second kappa shape index (κ2) is 5.20. The molecule has 0 aromatic heterocycles. The molecule has 17 heavy (non-hydrogen) atoms. The quantitative estimate of drug-likeness (QED) is 0.529. The van der Waals surface area contributed by atoms with Crippen molar-refractivity contribution in [2.24, 2.45) is 0 Å². The van der Waals surface area contributed by atoms with E-state index in [1.807, 2.05) is 0 Å². The molecule has 0 aromatic carbocycles. The molecule has 0 heterocycles. The summed E-state index contributed by atoms with van der Waals surface area (Å²) in [5.74, 6) is 0. The normalized spacial score (nSPS) is 15.2. The van der Waals surface area contributed by atoms with E-state index in [9.17, 15) is 0 Å². The number of hydrogen-bond acceptors (Lipinski definition) is 0. The highest BCUT2D eigenvalue weighted by Gasteiger charge is 2.63. The van der Waals surface area contributed by atoms with E-state index in [1.54, 1.807) is 0 Å². The van der Waals surface area contributed by atoms with Gasteiger partial charge in [0, 0.05) is 7.26 Å². The summed E-state index contributed by atoms with van der Waals surface area (Å²) in [5.41, 5.74) is 0. The van der Waals surface area contributed by atoms with E-state index in [0.29, 0.717) is 15.5 Å². The summed E-state index contributed by atoms with van der Waals surface area (Å²) in [6, 6.07) is 0. The third-order valence-electron chi connectivity index (χ3n) is 4.28. The highest BCUT2D eigenvalue weighted by Crippen LogP contribution is 2.83. The highest BCUT2D eigenvalue weighted by atomic mass is 31.2. The summed E-state index contributed by atoms with van der Waals surface area (Å²) >= 11 is 0. The lowest BCUT2D eigenvalue weighted by Gasteiger charge is -2.54. The van der Waals surface area contributed by atoms with Crippen molar-refractivity contribution in [3.05, 3.63) is 0 Å². The molecule has 0 rings (SSSR count). The zero-order chi connectivity index (χ0) is 14.1. The van der Waals surface area contributed by atoms with E-state index >= 15 is 0 Å². The Kier molecular flexibility index (Phi) is 5.33. The fourth-order valence-electron chi connectivity index (χ4n) is 4.42. The molecule has 0 aliphatic carbocycles. The van der Waals surface area contributed by atoms with Crippen molar-refractivity contribution in [2.75, 3.05) is 6.16 Å². The molecule has 0 radical (unpaired) electrons. The fraction of sp³-hybridized carbons (Fsp3) is 1.00. The summed E-state index contributed by atoms with van der Waals surface area (Å²) in [6.07, 6.45) is 4.16. The molecule has 0 spiro atoms. The SMILES string of the molecule is CCCC[P+](C(C)(C)C)(C(C)(C)C)C(C)(C)C. The van der Waals surface area contributed by atoms with Crippen LogP contribution in [0.3, 0.4) is 0 Å². The van der Waals surface area contributed by atoms with Gasteiger partial charge in [0.25, 0.3) is 0 Å². The van der Waals surface area contributed by atoms with Crippen molar-refractivity contribution >= 4 is 7.26 Å². The van der Waals surface area contributed by atoms with Gasteiger partial charge in [0.2, 0.25) is 0 Å². The Hall–Kier alpha value is 0.430. The van der Waals surface area contributed by atoms with Gasteiger partial charge in [-0.15, -0.1) is 0 Å². The van der Waals surface area contributed by atoms with Gasteiger partial charge in [-0.2, -0.15) is 0 Å². The maximum absolute atomic E-state index is 2.48. The molecule has 0 nitrogen and oxygen atoms in total. The van der Waals surface area contributed by atoms with Gasteiger partial charge in [0.1, 0.15) is 0 Å². The first-order valence-corrected chi connectivity index (χ1v) is 9.17. The van der Waals surface area contributed by atoms with Crippen molar-refractivity contribution in [3.63, 3.8) is 0 Å². The summed E-state index contributed by atoms with van der Waals surface area (Å²) in [5, 5.41) is 1.33. The molecule has 1 heteroatoms. The summed E-state index contributed by atoms with van der Waals surface area (Å²) in [4.78, 5) is 0. The van der Waals surface area contributed by atoms with E-state index < -0.39 is 7.26 Å². The maximum Gasteiger partial charge on any atom is 0.0725 e. The van der Waals surface area contributed by atoms with Gasteiger partial charge in [-0.05, 0) is 68.7 Å². The lowest BCUT2D eigenvalue weighted by Crippen LogP contribution is -2.45. The van der Waals surface area contributed by atoms with Crippen molar-refractivity contribution in [1.82, 2.24) is 0 Å². The first kappa shape index (κ1) is 17.4. The minimum Gasteiger partial charge on any atom is -0.0652 e. The van der Waals surface area contributed by atoms with Gasteiger partial charge >= 0.3 is 0 Å². The minimum absolute atomic E-state index is 0.443. The van der Waals surface area contributed by atoms with Crippen LogP contribution in [0.1, 0.15) is 82.1 Å². The summed E-state index contributed by atoms with van der Waals surface area (Å²) in [6.45, 7) is 24.6. The Morgan fingerprint density at radius 1 is 0.647 bits per heavy atom. The number of hydrogen-bond donors (Lipinski definition) is 0. The largest absolute Gasteiger partial charge is 0.0725 e. The molecule has 0 aliphatic rings. The molecular formula is C16H36P+. The first-order chi connectivity index (χ1) is 7.31. The molecule has 0 saturated heterocycles. The van der Waals surface area contributed by atoms with Crippen molar-refractivity contribution in [1.29, 1.82) is 0 Å². The standard InChI is InChI=1S/C16H36P/c1-11-12-13-17(14(2,3)4,15(5,6)7)16(8,9)10/h11-13H2,1-10H3/q+1. The summed E-state index contributed by atoms with van der Waals surface area (Å²) < 4.78 is 0. The Bertz CT molecular complexity index is 196. The van der Waals surface area contributed by atoms with Gasteiger partial charge in [0.15, 0.2) is 0 Å². The summed E-state index contributed by atoms with van der Waals surface area (Å²) in [7, 11) is -1.06. The van der Waals surface area contributed by atoms with E-state index in [1.165, 1.54) is 19.0 Å². The molecule has 0 fully saturated rings. The van der Waals surface area contributed by atoms with E-state index in [0.717, 1.165) is 0 Å². The van der Waals surface area contributed by atoms with E-state index in [2.05, 4.69) is 69.2 Å². The van der Waals surface area contributed by atoms with Crippen LogP contribution in [-0.4, -0.2) is 21.6 Å². The van der Waals surface area contributed by atoms with Crippen LogP contribution in [0.5, 0.6) is 0 Å². The number of rotatable bonds is 3. The lowest BCUT2D eigenvalue weighted by molar-refractivity contribution is 0.609. The molecule has 0 aliphatic heterocycles. The van der Waals surface area contributed by atoms with Gasteiger partial charge in [0.05, 0.1) is 21.6 Å². The van der Waals surface area contributed by atoms with Crippen LogP contribution in [0.25, 0.3) is 0 Å². The third kappa shape index (κ3) is 3.25. The van der Waals surface area contributed by atoms with Crippen LogP contribution in [0, 0.1) is 0 Å². The second-order valence-electron chi connectivity index (χ2n) is 8.40. The van der Waals surface area contributed by atoms with Crippen LogP contribution in [0.15, 0.2) is 0 Å². The fourth-order valence-corrected chi connectivity index (χ4v) is 13.3. The average molecular weight is 259 g/mol. The Morgan fingerprint density at radius 2 is 0.941 bits per heavy atom. The zero-order valence-electron chi connectivity index (χ0n) is 14.1. The van der Waals surface area contributed by atoms with E-state index in [4.69, 9.17) is 0 Å². The van der Waals surface area contributed by atoms with Crippen molar-refractivity contribution in [3.8, 4) is 0 Å². The Morgan fingerprint density at radius 3 is 1.12 bits per heavy atom. The topological polar surface area (TPSA) is 0 Å². The lowest BCUT2D eigenvalue weighted by atomic mass is 10.2. The predicted octanol–water partition coefficient (Wildman–Crippen LogP) is 6.20. The highest BCUT2D eigenvalue weighted by molar-refractivity contribution is 7.80. The second-order valence-corrected chi connectivity index (χ2v) is 14.5. The molecule has 0 atom stereocenters. The Labute approximate surface area is 111 Å². The van der Waals surface area contributed by atoms with Crippen LogP contribution < -0.4 is 0 Å². The predicted molar refractivity (Wildman–Crippen MR) is 86.0 cm³/mol. The minimum atomic E-state index is -1.06. The van der Waals surface area contributed by atoms with Crippen LogP contribution in [0.2, 0.25) is 0 Å². The van der Waals surface area contributed by atoms with Crippen LogP contribution in [0.4, 0.5) is 0 Å². The van der Waals surface area contributed by atoms with E-state index in [-0.39, 0.29) is 0 Å². The average Bonchev–Trinajstić information content (AvgIpc) is 1.96. The first-order valence-electron chi connectivity index (χ1n) is 7.19. The van der Waals surface area contributed by atoms with Gasteiger partial charge in [-0.3, -0.25) is 0 Å². The van der Waals surface area contributed by atoms with Crippen molar-refractivity contribution in [2.45, 2.75) is 97.5 Å². The third-order valence-corrected chi connectivity index (χ3v) is 12.1. The molecule has 0 amide bonds. The molecule has 0 unspecified atom stereocenters. The molecular weight excluding hydrogens is 223 g/mol. The number of unbranched alkanes of at least 4 members (excludes halogenated alkanes) is 1. The van der Waals surface area contributed by atoms with Gasteiger partial charge < -0.3 is 0 Å². The van der Waals surface area contributed by atoms with Gasteiger partial charge in [-0.1, -0.05) is 13.3 Å². The molecule has 0 N–H and O–H groups in total. The monoisotopic (exact) mass is 259 g/mol.